The lowest BCUT2D eigenvalue weighted by Gasteiger charge is -2.07. The van der Waals surface area contributed by atoms with E-state index in [1.165, 1.54) is 22.7 Å². The molecule has 2 aromatic heterocycles. The van der Waals surface area contributed by atoms with Crippen LogP contribution < -0.4 is 10.6 Å². The highest BCUT2D eigenvalue weighted by molar-refractivity contribution is 8.76. The molecule has 150 valence electrons. The number of anilines is 2. The SMILES string of the molecule is O=C(Nc1ccc(SSc2ccc(NC(=O)c3cccs3)cc2)cc1)c1cccs1. The first-order valence-electron chi connectivity index (χ1n) is 8.92. The molecule has 0 aliphatic carbocycles. The maximum Gasteiger partial charge on any atom is 0.265 e. The fraction of sp³-hybridized carbons (Fsp3) is 0. The third kappa shape index (κ3) is 5.54. The van der Waals surface area contributed by atoms with Gasteiger partial charge in [-0.05, 0) is 71.4 Å². The molecular weight excluding hydrogens is 453 g/mol. The number of benzene rings is 2. The number of carbonyl (C=O) groups excluding carboxylic acids is 2. The molecule has 2 heterocycles. The normalized spacial score (nSPS) is 10.5. The number of hydrogen-bond donors (Lipinski definition) is 2. The number of nitrogens with one attached hydrogen (secondary N) is 2. The first-order chi connectivity index (χ1) is 14.7. The fourth-order valence-electron chi connectivity index (χ4n) is 2.48. The number of amides is 2. The summed E-state index contributed by atoms with van der Waals surface area (Å²) in [6.07, 6.45) is 0. The number of rotatable bonds is 7. The lowest BCUT2D eigenvalue weighted by molar-refractivity contribution is 0.102. The van der Waals surface area contributed by atoms with Crippen molar-refractivity contribution in [1.82, 2.24) is 0 Å². The van der Waals surface area contributed by atoms with Crippen molar-refractivity contribution in [2.45, 2.75) is 9.79 Å². The summed E-state index contributed by atoms with van der Waals surface area (Å²) in [5.74, 6) is -0.183. The molecule has 8 heteroatoms. The van der Waals surface area contributed by atoms with Gasteiger partial charge in [-0.1, -0.05) is 33.7 Å². The Kier molecular flexibility index (Phi) is 6.91. The zero-order chi connectivity index (χ0) is 20.8. The zero-order valence-electron chi connectivity index (χ0n) is 15.5. The van der Waals surface area contributed by atoms with Crippen molar-refractivity contribution in [2.24, 2.45) is 0 Å². The Morgan fingerprint density at radius 3 is 1.33 bits per heavy atom. The van der Waals surface area contributed by atoms with Gasteiger partial charge in [-0.2, -0.15) is 0 Å². The van der Waals surface area contributed by atoms with Crippen LogP contribution in [0.4, 0.5) is 11.4 Å². The molecule has 0 aliphatic rings. The van der Waals surface area contributed by atoms with Crippen LogP contribution in [0, 0.1) is 0 Å². The molecule has 4 aromatic rings. The summed E-state index contributed by atoms with van der Waals surface area (Å²) >= 11 is 2.84. The van der Waals surface area contributed by atoms with Gasteiger partial charge in [0.2, 0.25) is 0 Å². The molecule has 0 bridgehead atoms. The molecule has 0 spiro atoms. The molecule has 4 nitrogen and oxygen atoms in total. The molecule has 0 radical (unpaired) electrons. The van der Waals surface area contributed by atoms with Crippen molar-refractivity contribution in [3.63, 3.8) is 0 Å². The van der Waals surface area contributed by atoms with Gasteiger partial charge >= 0.3 is 0 Å². The average Bonchev–Trinajstić information content (AvgIpc) is 3.48. The largest absolute Gasteiger partial charge is 0.321 e. The lowest BCUT2D eigenvalue weighted by atomic mass is 10.3. The first-order valence-corrected chi connectivity index (χ1v) is 12.8. The predicted octanol–water partition coefficient (Wildman–Crippen LogP) is 7.11. The molecule has 0 aliphatic heterocycles. The predicted molar refractivity (Wildman–Crippen MR) is 129 cm³/mol. The van der Waals surface area contributed by atoms with Crippen LogP contribution in [0.5, 0.6) is 0 Å². The smallest absolute Gasteiger partial charge is 0.265 e. The molecule has 2 amide bonds. The van der Waals surface area contributed by atoms with Crippen LogP contribution in [0.1, 0.15) is 19.3 Å². The Bertz CT molecular complexity index is 1020. The van der Waals surface area contributed by atoms with Crippen molar-refractivity contribution in [3.8, 4) is 0 Å². The maximum absolute atomic E-state index is 12.1. The van der Waals surface area contributed by atoms with Gasteiger partial charge in [-0.25, -0.2) is 0 Å². The van der Waals surface area contributed by atoms with Gasteiger partial charge in [0.1, 0.15) is 0 Å². The standard InChI is InChI=1S/C22H16N2O2S4/c25-21(19-3-1-13-27-19)23-15-5-9-17(10-6-15)29-30-18-11-7-16(8-12-18)24-22(26)20-4-2-14-28-20/h1-14H,(H,23,25)(H,24,26). The van der Waals surface area contributed by atoms with E-state index in [0.717, 1.165) is 21.2 Å². The summed E-state index contributed by atoms with van der Waals surface area (Å²) < 4.78 is 0. The summed E-state index contributed by atoms with van der Waals surface area (Å²) in [6.45, 7) is 0. The van der Waals surface area contributed by atoms with Crippen molar-refractivity contribution in [2.75, 3.05) is 10.6 Å². The van der Waals surface area contributed by atoms with Crippen molar-refractivity contribution < 1.29 is 9.59 Å². The van der Waals surface area contributed by atoms with Crippen LogP contribution in [0.15, 0.2) is 93.3 Å². The van der Waals surface area contributed by atoms with Crippen LogP contribution in [-0.2, 0) is 0 Å². The van der Waals surface area contributed by atoms with E-state index in [-0.39, 0.29) is 11.8 Å². The Hall–Kier alpha value is -2.52. The van der Waals surface area contributed by atoms with Gasteiger partial charge in [0.05, 0.1) is 9.75 Å². The Morgan fingerprint density at radius 1 is 0.600 bits per heavy atom. The van der Waals surface area contributed by atoms with Crippen molar-refractivity contribution in [3.05, 3.63) is 93.3 Å². The molecule has 4 rings (SSSR count). The highest BCUT2D eigenvalue weighted by atomic mass is 33.1. The molecule has 2 N–H and O–H groups in total. The van der Waals surface area contributed by atoms with E-state index in [4.69, 9.17) is 0 Å². The van der Waals surface area contributed by atoms with Crippen LogP contribution in [0.25, 0.3) is 0 Å². The fourth-order valence-corrected chi connectivity index (χ4v) is 5.65. The van der Waals surface area contributed by atoms with Gasteiger partial charge < -0.3 is 10.6 Å². The third-order valence-corrected chi connectivity index (χ3v) is 8.10. The van der Waals surface area contributed by atoms with Crippen LogP contribution in [0.3, 0.4) is 0 Å². The lowest BCUT2D eigenvalue weighted by Crippen LogP contribution is -2.09. The highest BCUT2D eigenvalue weighted by Gasteiger charge is 2.08. The number of thiophene rings is 2. The molecule has 2 aromatic carbocycles. The van der Waals surface area contributed by atoms with E-state index in [1.807, 2.05) is 71.4 Å². The first kappa shape index (κ1) is 20.7. The van der Waals surface area contributed by atoms with Gasteiger partial charge in [-0.3, -0.25) is 9.59 Å². The molecule has 0 fully saturated rings. The number of carbonyl (C=O) groups is 2. The van der Waals surface area contributed by atoms with Gasteiger partial charge in [0.25, 0.3) is 11.8 Å². The maximum atomic E-state index is 12.1. The monoisotopic (exact) mass is 468 g/mol. The molecular formula is C22H16N2O2S4. The molecule has 30 heavy (non-hydrogen) atoms. The Morgan fingerprint density at radius 2 is 1.00 bits per heavy atom. The van der Waals surface area contributed by atoms with Gasteiger partial charge in [0, 0.05) is 21.2 Å². The quantitative estimate of drug-likeness (QED) is 0.284. The molecule has 0 atom stereocenters. The minimum absolute atomic E-state index is 0.0916. The molecule has 0 unspecified atom stereocenters. The van der Waals surface area contributed by atoms with E-state index in [2.05, 4.69) is 10.6 Å². The summed E-state index contributed by atoms with van der Waals surface area (Å²) in [4.78, 5) is 27.8. The van der Waals surface area contributed by atoms with Crippen molar-refractivity contribution in [1.29, 1.82) is 0 Å². The van der Waals surface area contributed by atoms with E-state index < -0.39 is 0 Å². The highest BCUT2D eigenvalue weighted by Crippen LogP contribution is 2.38. The van der Waals surface area contributed by atoms with E-state index in [0.29, 0.717) is 9.75 Å². The molecule has 0 saturated carbocycles. The van der Waals surface area contributed by atoms with Crippen LogP contribution in [0.2, 0.25) is 0 Å². The summed E-state index contributed by atoms with van der Waals surface area (Å²) in [7, 11) is 3.27. The van der Waals surface area contributed by atoms with Crippen LogP contribution in [-0.4, -0.2) is 11.8 Å². The second kappa shape index (κ2) is 9.99. The Balaban J connectivity index is 1.28. The van der Waals surface area contributed by atoms with E-state index in [1.54, 1.807) is 33.7 Å². The van der Waals surface area contributed by atoms with Gasteiger partial charge in [-0.15, -0.1) is 22.7 Å². The summed E-state index contributed by atoms with van der Waals surface area (Å²) in [5, 5.41) is 9.57. The third-order valence-electron chi connectivity index (χ3n) is 3.95. The zero-order valence-corrected chi connectivity index (χ0v) is 18.8. The molecule has 0 saturated heterocycles. The second-order valence-electron chi connectivity index (χ2n) is 6.08. The minimum atomic E-state index is -0.0916. The summed E-state index contributed by atoms with van der Waals surface area (Å²) in [6, 6.07) is 22.9. The van der Waals surface area contributed by atoms with Crippen LogP contribution >= 0.6 is 44.3 Å². The topological polar surface area (TPSA) is 58.2 Å². The van der Waals surface area contributed by atoms with Crippen molar-refractivity contribution >= 4 is 67.5 Å². The number of hydrogen-bond acceptors (Lipinski definition) is 6. The summed E-state index contributed by atoms with van der Waals surface area (Å²) in [5.41, 5.74) is 1.54. The van der Waals surface area contributed by atoms with E-state index in [9.17, 15) is 9.59 Å². The van der Waals surface area contributed by atoms with E-state index >= 15 is 0 Å². The van der Waals surface area contributed by atoms with Gasteiger partial charge in [0.15, 0.2) is 0 Å². The Labute approximate surface area is 190 Å². The average molecular weight is 469 g/mol. The minimum Gasteiger partial charge on any atom is -0.321 e. The second-order valence-corrected chi connectivity index (χ2v) is 10.2.